The number of nitrogens with zero attached hydrogens (tertiary/aromatic N) is 2. The van der Waals surface area contributed by atoms with Crippen molar-refractivity contribution in [3.8, 4) is 11.8 Å². The zero-order chi connectivity index (χ0) is 19.5. The van der Waals surface area contributed by atoms with E-state index in [1.807, 2.05) is 17.6 Å². The van der Waals surface area contributed by atoms with Crippen LogP contribution in [0.2, 0.25) is 0 Å². The molecule has 4 rings (SSSR count). The lowest BCUT2D eigenvalue weighted by Gasteiger charge is -2.15. The summed E-state index contributed by atoms with van der Waals surface area (Å²) >= 11 is 0. The molecule has 0 aliphatic heterocycles. The molecule has 1 aliphatic rings. The Bertz CT molecular complexity index is 1110. The van der Waals surface area contributed by atoms with Crippen LogP contribution in [-0.2, 0) is 19.4 Å². The van der Waals surface area contributed by atoms with Crippen LogP contribution < -0.4 is 10.7 Å². The Kier molecular flexibility index (Phi) is 5.14. The topological polar surface area (TPSA) is 67.2 Å². The predicted molar refractivity (Wildman–Crippen MR) is 112 cm³/mol. The molecular weight excluding hydrogens is 350 g/mol. The number of anilines is 1. The van der Waals surface area contributed by atoms with Crippen molar-refractivity contribution in [1.82, 2.24) is 9.55 Å². The summed E-state index contributed by atoms with van der Waals surface area (Å²) < 4.78 is 1.94. The van der Waals surface area contributed by atoms with E-state index in [0.29, 0.717) is 35.6 Å². The maximum atomic E-state index is 12.9. The highest BCUT2D eigenvalue weighted by Crippen LogP contribution is 2.25. The summed E-state index contributed by atoms with van der Waals surface area (Å²) in [6.07, 6.45) is 5.85. The van der Waals surface area contributed by atoms with Crippen LogP contribution in [-0.4, -0.2) is 27.3 Å². The van der Waals surface area contributed by atoms with Crippen molar-refractivity contribution in [2.75, 3.05) is 11.9 Å². The minimum Gasteiger partial charge on any atom is -0.395 e. The molecule has 0 saturated carbocycles. The molecule has 0 radical (unpaired) electrons. The fourth-order valence-electron chi connectivity index (χ4n) is 3.79. The first-order valence-electron chi connectivity index (χ1n) is 9.66. The van der Waals surface area contributed by atoms with Crippen LogP contribution >= 0.6 is 0 Å². The third kappa shape index (κ3) is 3.51. The highest BCUT2D eigenvalue weighted by Gasteiger charge is 2.21. The Morgan fingerprint density at radius 1 is 1.29 bits per heavy atom. The van der Waals surface area contributed by atoms with Crippen molar-refractivity contribution >= 4 is 16.7 Å². The zero-order valence-corrected chi connectivity index (χ0v) is 15.9. The van der Waals surface area contributed by atoms with Gasteiger partial charge in [0.05, 0.1) is 29.4 Å². The molecule has 1 aliphatic carbocycles. The number of aromatic nitrogens is 2. The SMILES string of the molecule is CCn1cc(C#CCCO)c(=O)c2cc(NC3Cc4ccccc4C3)cnc21. The molecule has 0 amide bonds. The van der Waals surface area contributed by atoms with E-state index in [0.717, 1.165) is 18.5 Å². The van der Waals surface area contributed by atoms with Crippen molar-refractivity contribution in [3.63, 3.8) is 0 Å². The average Bonchev–Trinajstić information content (AvgIpc) is 3.12. The van der Waals surface area contributed by atoms with E-state index >= 15 is 0 Å². The quantitative estimate of drug-likeness (QED) is 0.690. The molecule has 2 N–H and O–H groups in total. The Morgan fingerprint density at radius 2 is 2.04 bits per heavy atom. The van der Waals surface area contributed by atoms with Gasteiger partial charge in [-0.05, 0) is 37.0 Å². The van der Waals surface area contributed by atoms with Gasteiger partial charge in [-0.15, -0.1) is 0 Å². The van der Waals surface area contributed by atoms with Crippen LogP contribution in [0, 0.1) is 11.8 Å². The van der Waals surface area contributed by atoms with E-state index in [9.17, 15) is 4.79 Å². The number of pyridine rings is 2. The lowest BCUT2D eigenvalue weighted by molar-refractivity contribution is 0.305. The summed E-state index contributed by atoms with van der Waals surface area (Å²) in [6, 6.07) is 10.7. The van der Waals surface area contributed by atoms with Gasteiger partial charge < -0.3 is 15.0 Å². The van der Waals surface area contributed by atoms with Gasteiger partial charge in [0.2, 0.25) is 5.43 Å². The smallest absolute Gasteiger partial charge is 0.206 e. The van der Waals surface area contributed by atoms with E-state index in [2.05, 4.69) is 46.4 Å². The van der Waals surface area contributed by atoms with Gasteiger partial charge in [0.15, 0.2) is 0 Å². The standard InChI is InChI=1S/C23H23N3O2/c1-2-26-15-18(9-5-6-10-27)22(28)21-13-20(14-24-23(21)26)25-19-11-16-7-3-4-8-17(16)12-19/h3-4,7-8,13-15,19,25,27H,2,6,10-12H2,1H3. The van der Waals surface area contributed by atoms with Crippen molar-refractivity contribution in [3.05, 3.63) is 69.6 Å². The molecule has 0 unspecified atom stereocenters. The van der Waals surface area contributed by atoms with Gasteiger partial charge in [0, 0.05) is 25.2 Å². The number of hydrogen-bond donors (Lipinski definition) is 2. The van der Waals surface area contributed by atoms with Gasteiger partial charge in [-0.2, -0.15) is 0 Å². The number of aryl methyl sites for hydroxylation is 1. The minimum absolute atomic E-state index is 0.0120. The maximum absolute atomic E-state index is 12.9. The zero-order valence-electron chi connectivity index (χ0n) is 15.9. The van der Waals surface area contributed by atoms with Crippen molar-refractivity contribution in [2.45, 2.75) is 38.8 Å². The molecule has 0 bridgehead atoms. The first-order valence-corrected chi connectivity index (χ1v) is 9.66. The van der Waals surface area contributed by atoms with E-state index < -0.39 is 0 Å². The van der Waals surface area contributed by atoms with Crippen LogP contribution in [0.25, 0.3) is 11.0 Å². The van der Waals surface area contributed by atoms with Crippen LogP contribution in [0.5, 0.6) is 0 Å². The molecule has 0 atom stereocenters. The lowest BCUT2D eigenvalue weighted by atomic mass is 10.1. The molecule has 0 fully saturated rings. The molecule has 0 spiro atoms. The Hall–Kier alpha value is -3.10. The predicted octanol–water partition coefficient (Wildman–Crippen LogP) is 2.73. The number of aliphatic hydroxyl groups excluding tert-OH is 1. The second kappa shape index (κ2) is 7.87. The summed E-state index contributed by atoms with van der Waals surface area (Å²) in [5.41, 5.74) is 4.60. The summed E-state index contributed by atoms with van der Waals surface area (Å²) in [6.45, 7) is 2.70. The summed E-state index contributed by atoms with van der Waals surface area (Å²) in [7, 11) is 0. The molecular formula is C23H23N3O2. The fraction of sp³-hybridized carbons (Fsp3) is 0.304. The second-order valence-electron chi connectivity index (χ2n) is 7.05. The van der Waals surface area contributed by atoms with Crippen LogP contribution in [0.3, 0.4) is 0 Å². The molecule has 0 saturated heterocycles. The Morgan fingerprint density at radius 3 is 2.71 bits per heavy atom. The molecule has 1 aromatic carbocycles. The monoisotopic (exact) mass is 373 g/mol. The normalized spacial score (nSPS) is 13.2. The van der Waals surface area contributed by atoms with E-state index in [1.165, 1.54) is 11.1 Å². The largest absolute Gasteiger partial charge is 0.395 e. The summed E-state index contributed by atoms with van der Waals surface area (Å²) in [4.78, 5) is 17.5. The van der Waals surface area contributed by atoms with Gasteiger partial charge in [0.25, 0.3) is 0 Å². The third-order valence-corrected chi connectivity index (χ3v) is 5.14. The fourth-order valence-corrected chi connectivity index (χ4v) is 3.79. The van der Waals surface area contributed by atoms with Gasteiger partial charge in [-0.25, -0.2) is 4.98 Å². The molecule has 28 heavy (non-hydrogen) atoms. The molecule has 5 heteroatoms. The van der Waals surface area contributed by atoms with Crippen molar-refractivity contribution < 1.29 is 5.11 Å². The highest BCUT2D eigenvalue weighted by atomic mass is 16.2. The van der Waals surface area contributed by atoms with Crippen LogP contribution in [0.4, 0.5) is 5.69 Å². The Labute approximate surface area is 164 Å². The average molecular weight is 373 g/mol. The number of benzene rings is 1. The van der Waals surface area contributed by atoms with Gasteiger partial charge in [-0.1, -0.05) is 36.1 Å². The van der Waals surface area contributed by atoms with Gasteiger partial charge >= 0.3 is 0 Å². The third-order valence-electron chi connectivity index (χ3n) is 5.14. The first-order chi connectivity index (χ1) is 13.7. The van der Waals surface area contributed by atoms with Crippen LogP contribution in [0.15, 0.2) is 47.5 Å². The van der Waals surface area contributed by atoms with Crippen LogP contribution in [0.1, 0.15) is 30.0 Å². The van der Waals surface area contributed by atoms with Gasteiger partial charge in [0.1, 0.15) is 5.65 Å². The maximum Gasteiger partial charge on any atom is 0.206 e. The van der Waals surface area contributed by atoms with E-state index in [-0.39, 0.29) is 12.0 Å². The van der Waals surface area contributed by atoms with E-state index in [4.69, 9.17) is 5.11 Å². The molecule has 2 heterocycles. The minimum atomic E-state index is -0.115. The molecule has 5 nitrogen and oxygen atoms in total. The molecule has 2 aromatic heterocycles. The number of aliphatic hydroxyl groups is 1. The lowest BCUT2D eigenvalue weighted by Crippen LogP contribution is -2.20. The number of fused-ring (bicyclic) bond motifs is 2. The number of hydrogen-bond acceptors (Lipinski definition) is 4. The summed E-state index contributed by atoms with van der Waals surface area (Å²) in [5.74, 6) is 5.74. The first kappa shape index (κ1) is 18.3. The number of nitrogens with one attached hydrogen (secondary N) is 1. The molecule has 142 valence electrons. The van der Waals surface area contributed by atoms with Crippen molar-refractivity contribution in [2.24, 2.45) is 0 Å². The second-order valence-corrected chi connectivity index (χ2v) is 7.05. The number of rotatable bonds is 4. The van der Waals surface area contributed by atoms with Crippen molar-refractivity contribution in [1.29, 1.82) is 0 Å². The van der Waals surface area contributed by atoms with Gasteiger partial charge in [-0.3, -0.25) is 4.79 Å². The molecule has 3 aromatic rings. The van der Waals surface area contributed by atoms with E-state index in [1.54, 1.807) is 12.4 Å². The highest BCUT2D eigenvalue weighted by molar-refractivity contribution is 5.80. The summed E-state index contributed by atoms with van der Waals surface area (Å²) in [5, 5.41) is 13.0. The Balaban J connectivity index is 1.67.